The van der Waals surface area contributed by atoms with Crippen LogP contribution in [0.3, 0.4) is 0 Å². The highest BCUT2D eigenvalue weighted by Crippen LogP contribution is 2.56. The van der Waals surface area contributed by atoms with E-state index in [4.69, 9.17) is 25.4 Å². The van der Waals surface area contributed by atoms with Crippen LogP contribution in [0.4, 0.5) is 11.6 Å². The van der Waals surface area contributed by atoms with Gasteiger partial charge < -0.3 is 50.9 Å². The number of anilines is 2. The molecule has 0 saturated carbocycles. The molecule has 0 aliphatic carbocycles. The number of aliphatic hydroxyl groups is 3. The molecule has 2 aliphatic rings. The van der Waals surface area contributed by atoms with Crippen LogP contribution in [0.15, 0.2) is 87.9 Å². The number of carbonyl (C=O) groups excluding carboxylic acids is 1. The normalized spacial score (nSPS) is 22.9. The van der Waals surface area contributed by atoms with Crippen molar-refractivity contribution in [1.29, 1.82) is 0 Å². The van der Waals surface area contributed by atoms with Crippen molar-refractivity contribution in [2.24, 2.45) is 5.92 Å². The summed E-state index contributed by atoms with van der Waals surface area (Å²) in [7, 11) is 0. The third kappa shape index (κ3) is 6.80. The topological polar surface area (TPSA) is 245 Å². The van der Waals surface area contributed by atoms with Crippen LogP contribution < -0.4 is 21.6 Å². The first kappa shape index (κ1) is 38.9. The summed E-state index contributed by atoms with van der Waals surface area (Å²) in [5, 5.41) is 54.7. The lowest BCUT2D eigenvalue weighted by Gasteiger charge is -2.48. The Morgan fingerprint density at radius 1 is 1.07 bits per heavy atom. The minimum absolute atomic E-state index is 0.00174. The molecule has 0 amide bonds. The van der Waals surface area contributed by atoms with Gasteiger partial charge in [-0.1, -0.05) is 30.2 Å². The van der Waals surface area contributed by atoms with Gasteiger partial charge in [-0.3, -0.25) is 4.79 Å². The summed E-state index contributed by atoms with van der Waals surface area (Å²) in [6.45, 7) is 1.45. The molecule has 2 bridgehead atoms. The summed E-state index contributed by atoms with van der Waals surface area (Å²) in [6.07, 6.45) is 3.61. The zero-order valence-corrected chi connectivity index (χ0v) is 31.2. The number of aromatic hydroxyl groups is 2. The lowest BCUT2D eigenvalue weighted by atomic mass is 9.63. The minimum atomic E-state index is -1.63. The van der Waals surface area contributed by atoms with E-state index in [0.29, 0.717) is 16.9 Å². The van der Waals surface area contributed by atoms with Crippen molar-refractivity contribution in [2.75, 3.05) is 24.7 Å². The SMILES string of the molecule is CC=C(CO)C(=O)OC1Cc2c3c(c4oc(CO)cc(=O)c4c2O)C(c2ccnc(N)c2)C(CO)(c2cccc(O)c2)C#CCC(Cc2ccc(N)nc2)C1(C)O3. The van der Waals surface area contributed by atoms with E-state index in [1.807, 2.05) is 6.07 Å². The highest BCUT2D eigenvalue weighted by molar-refractivity contribution is 5.92. The van der Waals surface area contributed by atoms with Crippen LogP contribution in [-0.2, 0) is 34.4 Å². The maximum absolute atomic E-state index is 14.0. The number of allylic oxidation sites excluding steroid dienone is 1. The van der Waals surface area contributed by atoms with Crippen molar-refractivity contribution in [2.45, 2.75) is 62.8 Å². The van der Waals surface area contributed by atoms with Gasteiger partial charge in [0, 0.05) is 54.3 Å². The van der Waals surface area contributed by atoms with Crippen molar-refractivity contribution >= 4 is 28.6 Å². The number of nitrogen functional groups attached to an aromatic ring is 2. The van der Waals surface area contributed by atoms with Gasteiger partial charge in [0.15, 0.2) is 5.43 Å². The maximum atomic E-state index is 14.0. The van der Waals surface area contributed by atoms with Gasteiger partial charge in [-0.15, -0.1) is 5.92 Å². The molecule has 2 aromatic carbocycles. The fourth-order valence-electron chi connectivity index (χ4n) is 8.09. The number of pyridine rings is 2. The van der Waals surface area contributed by atoms with E-state index >= 15 is 0 Å². The van der Waals surface area contributed by atoms with Crippen molar-refractivity contribution in [1.82, 2.24) is 9.97 Å². The number of carbonyl (C=O) groups is 1. The number of aromatic nitrogens is 2. The molecule has 0 spiro atoms. The molecule has 7 rings (SSSR count). The molecule has 5 heterocycles. The molecule has 5 atom stereocenters. The molecular weight excluding hydrogens is 732 g/mol. The third-order valence-electron chi connectivity index (χ3n) is 11.2. The first-order valence-corrected chi connectivity index (χ1v) is 18.3. The lowest BCUT2D eigenvalue weighted by molar-refractivity contribution is -0.165. The minimum Gasteiger partial charge on any atom is -0.508 e. The zero-order chi connectivity index (χ0) is 40.6. The number of aliphatic hydroxyl groups excluding tert-OH is 3. The van der Waals surface area contributed by atoms with Crippen LogP contribution in [-0.4, -0.2) is 66.4 Å². The van der Waals surface area contributed by atoms with E-state index in [1.165, 1.54) is 24.4 Å². The Morgan fingerprint density at radius 3 is 2.54 bits per heavy atom. The molecule has 9 N–H and O–H groups in total. The largest absolute Gasteiger partial charge is 0.508 e. The number of hydrogen-bond acceptors (Lipinski definition) is 14. The highest BCUT2D eigenvalue weighted by Gasteiger charge is 2.54. The van der Waals surface area contributed by atoms with E-state index in [0.717, 1.165) is 11.6 Å². The summed E-state index contributed by atoms with van der Waals surface area (Å²) in [6, 6.07) is 14.1. The van der Waals surface area contributed by atoms with Gasteiger partial charge in [0.05, 0.1) is 24.2 Å². The second-order valence-electron chi connectivity index (χ2n) is 14.5. The molecule has 0 radical (unpaired) electrons. The quantitative estimate of drug-likeness (QED) is 0.0644. The fourth-order valence-corrected chi connectivity index (χ4v) is 8.09. The van der Waals surface area contributed by atoms with E-state index in [1.54, 1.807) is 50.4 Å². The lowest BCUT2D eigenvalue weighted by Crippen LogP contribution is -2.57. The average molecular weight is 775 g/mol. The molecule has 0 fully saturated rings. The first-order chi connectivity index (χ1) is 27.4. The van der Waals surface area contributed by atoms with Gasteiger partial charge in [0.2, 0.25) is 0 Å². The summed E-state index contributed by atoms with van der Waals surface area (Å²) < 4.78 is 19.7. The second kappa shape index (κ2) is 15.3. The second-order valence-corrected chi connectivity index (χ2v) is 14.5. The van der Waals surface area contributed by atoms with Gasteiger partial charge in [-0.25, -0.2) is 14.8 Å². The number of phenols is 2. The number of esters is 1. The Bertz CT molecular complexity index is 2520. The number of fused-ring (bicyclic) bond motifs is 3. The Morgan fingerprint density at radius 2 is 1.88 bits per heavy atom. The molecule has 57 heavy (non-hydrogen) atoms. The molecule has 2 aliphatic heterocycles. The smallest absolute Gasteiger partial charge is 0.336 e. The summed E-state index contributed by atoms with van der Waals surface area (Å²) in [5.74, 6) is 3.94. The molecule has 5 aromatic rings. The molecular formula is C43H42N4O10. The van der Waals surface area contributed by atoms with E-state index < -0.39 is 65.9 Å². The van der Waals surface area contributed by atoms with Crippen LogP contribution >= 0.6 is 0 Å². The number of ether oxygens (including phenoxy) is 2. The van der Waals surface area contributed by atoms with Crippen molar-refractivity contribution < 1.29 is 44.2 Å². The zero-order valence-electron chi connectivity index (χ0n) is 31.2. The number of benzene rings is 2. The predicted molar refractivity (Wildman–Crippen MR) is 209 cm³/mol. The van der Waals surface area contributed by atoms with Crippen molar-refractivity contribution in [3.8, 4) is 29.1 Å². The van der Waals surface area contributed by atoms with Gasteiger partial charge in [0.25, 0.3) is 0 Å². The third-order valence-corrected chi connectivity index (χ3v) is 11.2. The van der Waals surface area contributed by atoms with Gasteiger partial charge in [-0.2, -0.15) is 0 Å². The van der Waals surface area contributed by atoms with E-state index in [-0.39, 0.29) is 70.0 Å². The van der Waals surface area contributed by atoms with Crippen LogP contribution in [0.2, 0.25) is 0 Å². The number of nitrogens with zero attached hydrogens (tertiary/aromatic N) is 2. The van der Waals surface area contributed by atoms with Crippen molar-refractivity contribution in [3.05, 3.63) is 122 Å². The monoisotopic (exact) mass is 774 g/mol. The fraction of sp³-hybridized carbons (Fsp3) is 0.302. The average Bonchev–Trinajstić information content (AvgIpc) is 3.19. The van der Waals surface area contributed by atoms with Crippen LogP contribution in [0.5, 0.6) is 17.2 Å². The predicted octanol–water partition coefficient (Wildman–Crippen LogP) is 3.52. The standard InChI is InChI=1S/C43H42N4O10/c1-3-24(20-48)41(54)56-32-18-30-38(53)35-31(52)17-29(21-49)55-40(35)36-37(25-11-13-46-34(45)15-25)43(22-50,27-6-4-8-28(51)16-27)12-5-7-26(42(32,2)57-39(30)36)14-23-9-10-33(44)47-19-23/h3-4,6,8-11,13,15-17,19,26,32,37,48-51,53H,7,14,18,20-22H2,1-2H3,(H2,44,47)(H2,45,46). The molecule has 294 valence electrons. The Labute approximate surface area is 327 Å². The number of nitrogens with two attached hydrogens (primary N) is 2. The molecule has 14 nitrogen and oxygen atoms in total. The van der Waals surface area contributed by atoms with Crippen LogP contribution in [0.25, 0.3) is 11.0 Å². The Balaban J connectivity index is 1.64. The maximum Gasteiger partial charge on any atom is 0.336 e. The van der Waals surface area contributed by atoms with E-state index in [2.05, 4.69) is 21.8 Å². The van der Waals surface area contributed by atoms with Crippen LogP contribution in [0, 0.1) is 17.8 Å². The van der Waals surface area contributed by atoms with Gasteiger partial charge in [0.1, 0.15) is 63.9 Å². The van der Waals surface area contributed by atoms with Crippen LogP contribution in [0.1, 0.15) is 59.8 Å². The molecule has 5 unspecified atom stereocenters. The number of phenolic OH excluding ortho intramolecular Hbond substituents is 2. The van der Waals surface area contributed by atoms with Gasteiger partial charge in [-0.05, 0) is 67.3 Å². The van der Waals surface area contributed by atoms with Gasteiger partial charge >= 0.3 is 5.97 Å². The van der Waals surface area contributed by atoms with E-state index in [9.17, 15) is 35.1 Å². The Kier molecular flexibility index (Phi) is 10.4. The number of hydrogen-bond donors (Lipinski definition) is 7. The summed E-state index contributed by atoms with van der Waals surface area (Å²) in [5.41, 5.74) is 10.2. The molecule has 3 aromatic heterocycles. The number of rotatable bonds is 9. The highest BCUT2D eigenvalue weighted by atomic mass is 16.6. The Hall–Kier alpha value is -6.40. The first-order valence-electron chi connectivity index (χ1n) is 18.3. The molecule has 14 heteroatoms. The molecule has 0 saturated heterocycles. The van der Waals surface area contributed by atoms with Crippen molar-refractivity contribution in [3.63, 3.8) is 0 Å². The summed E-state index contributed by atoms with van der Waals surface area (Å²) >= 11 is 0. The summed E-state index contributed by atoms with van der Waals surface area (Å²) in [4.78, 5) is 36.1.